The van der Waals surface area contributed by atoms with Crippen LogP contribution in [0.25, 0.3) is 0 Å². The quantitative estimate of drug-likeness (QED) is 0.273. The third-order valence-corrected chi connectivity index (χ3v) is 12.2. The Balaban J connectivity index is 1.88. The average molecular weight is 475 g/mol. The van der Waals surface area contributed by atoms with Gasteiger partial charge in [-0.25, -0.2) is 0 Å². The number of hydrogen-bond acceptors (Lipinski definition) is 6. The van der Waals surface area contributed by atoms with E-state index in [4.69, 9.17) is 33.9 Å². The Labute approximate surface area is 191 Å². The van der Waals surface area contributed by atoms with Crippen LogP contribution in [0.1, 0.15) is 11.1 Å². The van der Waals surface area contributed by atoms with Crippen LogP contribution in [-0.2, 0) is 0 Å². The minimum absolute atomic E-state index is 0.777. The van der Waals surface area contributed by atoms with Gasteiger partial charge in [-0.05, 0) is 29.6 Å². The van der Waals surface area contributed by atoms with E-state index in [0.717, 1.165) is 31.0 Å². The number of benzene rings is 3. The number of para-hydroxylation sites is 2. The Morgan fingerprint density at radius 2 is 1.07 bits per heavy atom. The molecule has 0 aliphatic heterocycles. The molecule has 0 saturated heterocycles. The van der Waals surface area contributed by atoms with Gasteiger partial charge >= 0.3 is 0 Å². The van der Waals surface area contributed by atoms with Crippen LogP contribution >= 0.6 is 53.5 Å². The van der Waals surface area contributed by atoms with Crippen molar-refractivity contribution in [2.24, 2.45) is 0 Å². The first-order chi connectivity index (χ1) is 14.1. The molecule has 2 nitrogen and oxygen atoms in total. The Hall–Kier alpha value is -1.43. The zero-order chi connectivity index (χ0) is 20.6. The first kappa shape index (κ1) is 22.3. The van der Waals surface area contributed by atoms with Crippen LogP contribution in [-0.4, -0.2) is 22.6 Å². The average Bonchev–Trinajstić information content (AvgIpc) is 2.78. The number of thiocarbonyl (C=S) groups is 2. The molecule has 0 radical (unpaired) electrons. The van der Waals surface area contributed by atoms with Gasteiger partial charge in [-0.3, -0.25) is 0 Å². The maximum absolute atomic E-state index is 5.79. The van der Waals surface area contributed by atoms with Crippen LogP contribution in [0.2, 0.25) is 0 Å². The van der Waals surface area contributed by atoms with Gasteiger partial charge < -0.3 is 9.47 Å². The van der Waals surface area contributed by atoms with Crippen molar-refractivity contribution in [1.29, 1.82) is 0 Å². The standard InChI is InChI=1S/C22H19O2PS4/c1-23-19-14-8-6-12-17(19)21(26)28-25(16-10-4-3-5-11-16)29-22(27)18-13-7-9-15-20(18)24-2/h3-15H,1-2H3. The smallest absolute Gasteiger partial charge is 0.128 e. The molecular formula is C22H19O2PS4. The first-order valence-corrected chi connectivity index (χ1v) is 13.7. The Morgan fingerprint density at radius 3 is 1.52 bits per heavy atom. The zero-order valence-electron chi connectivity index (χ0n) is 15.9. The molecule has 0 unspecified atom stereocenters. The molecule has 0 amide bonds. The van der Waals surface area contributed by atoms with E-state index in [1.54, 1.807) is 37.0 Å². The van der Waals surface area contributed by atoms with Gasteiger partial charge in [0.25, 0.3) is 0 Å². The van der Waals surface area contributed by atoms with Crippen molar-refractivity contribution in [2.45, 2.75) is 0 Å². The lowest BCUT2D eigenvalue weighted by Gasteiger charge is -2.19. The minimum Gasteiger partial charge on any atom is -0.496 e. The summed E-state index contributed by atoms with van der Waals surface area (Å²) in [4.78, 5) is 0. The molecule has 0 aliphatic rings. The molecular weight excluding hydrogens is 455 g/mol. The maximum Gasteiger partial charge on any atom is 0.128 e. The summed E-state index contributed by atoms with van der Waals surface area (Å²) in [6.45, 7) is 0. The fourth-order valence-corrected chi connectivity index (χ4v) is 11.2. The largest absolute Gasteiger partial charge is 0.496 e. The molecule has 0 bridgehead atoms. The fraction of sp³-hybridized carbons (Fsp3) is 0.0909. The first-order valence-electron chi connectivity index (χ1n) is 8.70. The molecule has 0 fully saturated rings. The summed E-state index contributed by atoms with van der Waals surface area (Å²) in [5.41, 5.74) is 1.87. The Kier molecular flexibility index (Phi) is 8.52. The third-order valence-electron chi connectivity index (χ3n) is 3.95. The molecule has 29 heavy (non-hydrogen) atoms. The number of ether oxygens (including phenoxy) is 2. The van der Waals surface area contributed by atoms with E-state index in [1.807, 2.05) is 66.7 Å². The van der Waals surface area contributed by atoms with Gasteiger partial charge in [-0.15, -0.1) is 0 Å². The summed E-state index contributed by atoms with van der Waals surface area (Å²) < 4.78 is 12.6. The highest BCUT2D eigenvalue weighted by atomic mass is 33.1. The molecule has 0 aliphatic carbocycles. The zero-order valence-corrected chi connectivity index (χ0v) is 20.1. The summed E-state index contributed by atoms with van der Waals surface area (Å²) in [5, 5.41) is 1.21. The Bertz CT molecular complexity index is 933. The van der Waals surface area contributed by atoms with E-state index in [-0.39, 0.29) is 0 Å². The lowest BCUT2D eigenvalue weighted by molar-refractivity contribution is 0.414. The van der Waals surface area contributed by atoms with E-state index in [9.17, 15) is 0 Å². The van der Waals surface area contributed by atoms with Crippen LogP contribution in [0.5, 0.6) is 11.5 Å². The second-order valence-electron chi connectivity index (χ2n) is 5.75. The van der Waals surface area contributed by atoms with Crippen molar-refractivity contribution in [3.63, 3.8) is 0 Å². The van der Waals surface area contributed by atoms with Crippen LogP contribution in [0.4, 0.5) is 0 Å². The van der Waals surface area contributed by atoms with Crippen LogP contribution < -0.4 is 14.8 Å². The van der Waals surface area contributed by atoms with Crippen molar-refractivity contribution in [1.82, 2.24) is 0 Å². The molecule has 148 valence electrons. The Morgan fingerprint density at radius 1 is 0.655 bits per heavy atom. The van der Waals surface area contributed by atoms with E-state index in [0.29, 0.717) is 0 Å². The summed E-state index contributed by atoms with van der Waals surface area (Å²) in [7, 11) is 3.33. The van der Waals surface area contributed by atoms with E-state index < -0.39 is 6.33 Å². The molecule has 0 spiro atoms. The van der Waals surface area contributed by atoms with Gasteiger partial charge in [0, 0.05) is 11.1 Å². The normalized spacial score (nSPS) is 10.6. The molecule has 7 heteroatoms. The van der Waals surface area contributed by atoms with E-state index >= 15 is 0 Å². The molecule has 3 aromatic rings. The van der Waals surface area contributed by atoms with Crippen molar-refractivity contribution in [3.05, 3.63) is 90.0 Å². The van der Waals surface area contributed by atoms with Crippen molar-refractivity contribution in [2.75, 3.05) is 14.2 Å². The summed E-state index contributed by atoms with van der Waals surface area (Å²) in [5.74, 6) is 1.57. The maximum atomic E-state index is 5.79. The molecule has 0 saturated carbocycles. The molecule has 0 aromatic heterocycles. The molecule has 0 heterocycles. The lowest BCUT2D eigenvalue weighted by Crippen LogP contribution is -2.02. The predicted molar refractivity (Wildman–Crippen MR) is 138 cm³/mol. The lowest BCUT2D eigenvalue weighted by atomic mass is 10.2. The van der Waals surface area contributed by atoms with E-state index in [2.05, 4.69) is 12.1 Å². The number of methoxy groups -OCH3 is 2. The third kappa shape index (κ3) is 5.80. The minimum atomic E-state index is -0.777. The molecule has 0 atom stereocenters. The summed E-state index contributed by atoms with van der Waals surface area (Å²) in [6, 6.07) is 26.1. The predicted octanol–water partition coefficient (Wildman–Crippen LogP) is 6.86. The highest BCUT2D eigenvalue weighted by molar-refractivity contribution is 8.97. The number of rotatable bonds is 7. The second kappa shape index (κ2) is 11.1. The van der Waals surface area contributed by atoms with Gasteiger partial charge in [0.1, 0.15) is 11.5 Å². The highest BCUT2D eigenvalue weighted by Gasteiger charge is 2.22. The van der Waals surface area contributed by atoms with Crippen molar-refractivity contribution in [3.8, 4) is 11.5 Å². The van der Waals surface area contributed by atoms with Gasteiger partial charge in [-0.2, -0.15) is 0 Å². The summed E-state index contributed by atoms with van der Waals surface area (Å²) in [6.07, 6.45) is -0.777. The SMILES string of the molecule is COc1ccccc1C(=S)SP(SC(=S)c1ccccc1OC)c1ccccc1. The van der Waals surface area contributed by atoms with Gasteiger partial charge in [0.15, 0.2) is 0 Å². The topological polar surface area (TPSA) is 18.5 Å². The molecule has 3 rings (SSSR count). The number of hydrogen-bond donors (Lipinski definition) is 0. The van der Waals surface area contributed by atoms with Crippen molar-refractivity contribution >= 4 is 67.2 Å². The van der Waals surface area contributed by atoms with Crippen LogP contribution in [0, 0.1) is 0 Å². The molecule has 3 aromatic carbocycles. The monoisotopic (exact) mass is 474 g/mol. The fourth-order valence-electron chi connectivity index (χ4n) is 2.55. The van der Waals surface area contributed by atoms with Gasteiger partial charge in [0.05, 0.1) is 28.9 Å². The van der Waals surface area contributed by atoms with Gasteiger partial charge in [0.2, 0.25) is 0 Å². The van der Waals surface area contributed by atoms with Crippen molar-refractivity contribution < 1.29 is 9.47 Å². The molecule has 0 N–H and O–H groups in total. The summed E-state index contributed by atoms with van der Waals surface area (Å²) >= 11 is 14.9. The highest BCUT2D eigenvalue weighted by Crippen LogP contribution is 2.62. The second-order valence-corrected chi connectivity index (χ2v) is 13.3. The van der Waals surface area contributed by atoms with Crippen LogP contribution in [0.3, 0.4) is 0 Å². The van der Waals surface area contributed by atoms with E-state index in [1.165, 1.54) is 5.30 Å². The van der Waals surface area contributed by atoms with Gasteiger partial charge in [-0.1, -0.05) is 102 Å². The van der Waals surface area contributed by atoms with Crippen LogP contribution in [0.15, 0.2) is 78.9 Å².